The number of aromatic nitrogens is 4. The first kappa shape index (κ1) is 43.1. The van der Waals surface area contributed by atoms with Gasteiger partial charge < -0.3 is 49.7 Å². The lowest BCUT2D eigenvalue weighted by Gasteiger charge is -2.39. The molecular weight excluding hydrogens is 817 g/mol. The number of nitrogens with zero attached hydrogens (tertiary/aromatic N) is 4. The van der Waals surface area contributed by atoms with Gasteiger partial charge in [-0.2, -0.15) is 0 Å². The van der Waals surface area contributed by atoms with Crippen LogP contribution in [-0.4, -0.2) is 102 Å². The number of carbonyl (C=O) groups is 4. The van der Waals surface area contributed by atoms with Crippen LogP contribution in [0.25, 0.3) is 44.2 Å². The molecule has 2 aromatic heterocycles. The zero-order chi connectivity index (χ0) is 45.1. The Labute approximate surface area is 371 Å². The second-order valence-electron chi connectivity index (χ2n) is 18.6. The predicted octanol–water partition coefficient (Wildman–Crippen LogP) is 7.99. The topological polar surface area (TPSA) is 204 Å². The number of aromatic amines is 2. The Hall–Kier alpha value is -6.16. The normalized spacial score (nSPS) is 25.2. The predicted molar refractivity (Wildman–Crippen MR) is 239 cm³/mol. The molecule has 8 atom stereocenters. The molecule has 3 aromatic carbocycles. The Morgan fingerprint density at radius 1 is 0.844 bits per heavy atom. The number of carboxylic acid groups (broad SMARTS) is 1. The zero-order valence-corrected chi connectivity index (χ0v) is 37.4. The number of H-pyrrole nitrogens is 2. The van der Waals surface area contributed by atoms with Gasteiger partial charge in [0.2, 0.25) is 11.8 Å². The van der Waals surface area contributed by atoms with Gasteiger partial charge in [0.05, 0.1) is 54.3 Å². The summed E-state index contributed by atoms with van der Waals surface area (Å²) in [5.74, 6) is 1.44. The molecule has 0 saturated carbocycles. The van der Waals surface area contributed by atoms with E-state index in [4.69, 9.17) is 24.2 Å². The minimum Gasteiger partial charge on any atom is -0.488 e. The summed E-state index contributed by atoms with van der Waals surface area (Å²) in [6.45, 7) is 12.1. The van der Waals surface area contributed by atoms with Crippen molar-refractivity contribution in [3.63, 3.8) is 0 Å². The molecule has 0 radical (unpaired) electrons. The van der Waals surface area contributed by atoms with Crippen molar-refractivity contribution < 1.29 is 38.5 Å². The number of rotatable bonds is 9. The highest BCUT2D eigenvalue weighted by Gasteiger charge is 2.45. The number of methoxy groups -OCH3 is 1. The van der Waals surface area contributed by atoms with E-state index < -0.39 is 24.3 Å². The van der Waals surface area contributed by atoms with E-state index in [1.54, 1.807) is 4.90 Å². The average molecular weight is 875 g/mol. The molecule has 0 aliphatic carbocycles. The van der Waals surface area contributed by atoms with E-state index in [0.717, 1.165) is 74.8 Å². The average Bonchev–Trinajstić information content (AvgIpc) is 4.08. The number of hydrogen-bond acceptors (Lipinski definition) is 9. The number of alkyl carbamates (subject to hydrolysis) is 1. The van der Waals surface area contributed by atoms with Crippen molar-refractivity contribution in [2.45, 2.75) is 135 Å². The molecule has 16 heteroatoms. The van der Waals surface area contributed by atoms with E-state index in [9.17, 15) is 24.3 Å². The number of likely N-dealkylation sites (tertiary alicyclic amines) is 2. The van der Waals surface area contributed by atoms with Crippen molar-refractivity contribution in [2.24, 2.45) is 11.8 Å². The fraction of sp³-hybridized carbons (Fsp3) is 0.500. The number of carbonyl (C=O) groups excluding carboxylic acids is 3. The first-order valence-corrected chi connectivity index (χ1v) is 22.6. The summed E-state index contributed by atoms with van der Waals surface area (Å²) < 4.78 is 17.4. The van der Waals surface area contributed by atoms with Gasteiger partial charge in [0.1, 0.15) is 36.1 Å². The van der Waals surface area contributed by atoms with Crippen LogP contribution in [0.15, 0.2) is 48.7 Å². The van der Waals surface area contributed by atoms with Crippen LogP contribution in [0.5, 0.6) is 5.75 Å². The zero-order valence-electron chi connectivity index (χ0n) is 37.4. The van der Waals surface area contributed by atoms with E-state index in [2.05, 4.69) is 57.0 Å². The van der Waals surface area contributed by atoms with Crippen molar-refractivity contribution in [3.8, 4) is 28.1 Å². The first-order chi connectivity index (χ1) is 30.7. The van der Waals surface area contributed by atoms with E-state index in [0.29, 0.717) is 37.5 Å². The minimum atomic E-state index is -1.22. The molecule has 64 heavy (non-hydrogen) atoms. The fourth-order valence-electron chi connectivity index (χ4n) is 10.8. The van der Waals surface area contributed by atoms with Gasteiger partial charge in [-0.3, -0.25) is 9.59 Å². The number of nitrogens with one attached hydrogen (secondary N) is 4. The molecule has 5 N–H and O–H groups in total. The monoisotopic (exact) mass is 874 g/mol. The number of benzene rings is 3. The van der Waals surface area contributed by atoms with Crippen LogP contribution >= 0.6 is 0 Å². The molecule has 4 amide bonds. The van der Waals surface area contributed by atoms with Gasteiger partial charge >= 0.3 is 12.2 Å². The van der Waals surface area contributed by atoms with Crippen LogP contribution in [0.2, 0.25) is 0 Å². The van der Waals surface area contributed by atoms with Crippen LogP contribution in [0, 0.1) is 11.8 Å². The summed E-state index contributed by atoms with van der Waals surface area (Å²) in [4.78, 5) is 73.0. The first-order valence-electron chi connectivity index (χ1n) is 22.6. The molecule has 5 aromatic rings. The quantitative estimate of drug-likeness (QED) is 0.0966. The van der Waals surface area contributed by atoms with Gasteiger partial charge in [0, 0.05) is 23.0 Å². The maximum Gasteiger partial charge on any atom is 0.407 e. The second kappa shape index (κ2) is 17.1. The SMILES string of the molecule is COC(=O)N[C@H](C(=O)N1[C@@H](C)CC[C@H]1c1ncc(-c2ccc3c(c2)COc2cc4c(ccc5nc([C@@H]6CC[C@H](C)N6C(=O)[C@@H](NC(=O)O)C(C)C)[nH]c54)cc2-3)[nH]1)C1C[C@@H](C)O[C@H](C)C1. The van der Waals surface area contributed by atoms with Gasteiger partial charge in [0.15, 0.2) is 0 Å². The van der Waals surface area contributed by atoms with Crippen LogP contribution in [0.4, 0.5) is 9.59 Å². The maximum atomic E-state index is 14.5. The van der Waals surface area contributed by atoms with Crippen molar-refractivity contribution >= 4 is 45.8 Å². The standard InChI is InChI=1S/C48H58N8O8/c1-23(2)40(53-47(59)60)45(57)56-25(4)9-15-38(56)44-50-35-13-11-28-19-34-32-12-10-29(18-31(32)22-63-39(34)20-33(28)42(35)52-44)36-21-49-43(51-36)37-14-8-24(3)55(37)46(58)41(54-48(61)62-7)30-16-26(5)64-27(6)17-30/h10-13,18-21,23-27,30,37-38,40-41,53H,8-9,14-17,22H2,1-7H3,(H,49,51)(H,50,52)(H,54,61)(H,59,60)/t24-,25-,26+,27+,37-,38-,40-,41-/m0/s1. The molecule has 3 saturated heterocycles. The number of fused-ring (bicyclic) bond motifs is 6. The van der Waals surface area contributed by atoms with Crippen molar-refractivity contribution in [1.82, 2.24) is 40.4 Å². The van der Waals surface area contributed by atoms with Crippen LogP contribution < -0.4 is 15.4 Å². The summed E-state index contributed by atoms with van der Waals surface area (Å²) in [5.41, 5.74) is 6.49. The molecule has 338 valence electrons. The van der Waals surface area contributed by atoms with Gasteiger partial charge in [-0.05, 0) is 124 Å². The summed E-state index contributed by atoms with van der Waals surface area (Å²) in [7, 11) is 1.31. The number of ether oxygens (including phenoxy) is 3. The third-order valence-electron chi connectivity index (χ3n) is 13.9. The Balaban J connectivity index is 0.962. The lowest BCUT2D eigenvalue weighted by molar-refractivity contribution is -0.140. The Kier molecular flexibility index (Phi) is 11.5. The van der Waals surface area contributed by atoms with Crippen LogP contribution in [-0.2, 0) is 25.7 Å². The molecule has 4 aliphatic rings. The molecule has 0 bridgehead atoms. The van der Waals surface area contributed by atoms with E-state index in [1.165, 1.54) is 7.11 Å². The third-order valence-corrected chi connectivity index (χ3v) is 13.9. The summed E-state index contributed by atoms with van der Waals surface area (Å²) in [5, 5.41) is 16.7. The minimum absolute atomic E-state index is 0.0329. The van der Waals surface area contributed by atoms with Crippen molar-refractivity contribution in [3.05, 3.63) is 65.9 Å². The van der Waals surface area contributed by atoms with Gasteiger partial charge in [0.25, 0.3) is 0 Å². The Morgan fingerprint density at radius 3 is 2.23 bits per heavy atom. The van der Waals surface area contributed by atoms with E-state index in [1.807, 2.05) is 58.7 Å². The van der Waals surface area contributed by atoms with Gasteiger partial charge in [-0.15, -0.1) is 0 Å². The molecule has 9 rings (SSSR count). The van der Waals surface area contributed by atoms with Crippen molar-refractivity contribution in [2.75, 3.05) is 7.11 Å². The lowest BCUT2D eigenvalue weighted by atomic mass is 9.85. The van der Waals surface area contributed by atoms with Crippen LogP contribution in [0.3, 0.4) is 0 Å². The highest BCUT2D eigenvalue weighted by molar-refractivity contribution is 6.07. The molecule has 16 nitrogen and oxygen atoms in total. The summed E-state index contributed by atoms with van der Waals surface area (Å²) in [6, 6.07) is 12.2. The maximum absolute atomic E-state index is 14.5. The molecular formula is C48H58N8O8. The second-order valence-corrected chi connectivity index (χ2v) is 18.6. The van der Waals surface area contributed by atoms with Gasteiger partial charge in [-0.25, -0.2) is 19.6 Å². The largest absolute Gasteiger partial charge is 0.488 e. The van der Waals surface area contributed by atoms with E-state index >= 15 is 0 Å². The number of amides is 4. The highest BCUT2D eigenvalue weighted by atomic mass is 16.5. The third kappa shape index (κ3) is 7.90. The fourth-order valence-corrected chi connectivity index (χ4v) is 10.8. The Bertz CT molecular complexity index is 2610. The summed E-state index contributed by atoms with van der Waals surface area (Å²) >= 11 is 0. The summed E-state index contributed by atoms with van der Waals surface area (Å²) in [6.07, 6.45) is 4.25. The molecule has 3 fully saturated rings. The smallest absolute Gasteiger partial charge is 0.407 e. The number of hydrogen-bond donors (Lipinski definition) is 5. The Morgan fingerprint density at radius 2 is 1.55 bits per heavy atom. The van der Waals surface area contributed by atoms with Crippen LogP contribution in [0.1, 0.15) is 109 Å². The van der Waals surface area contributed by atoms with E-state index in [-0.39, 0.29) is 60.0 Å². The lowest BCUT2D eigenvalue weighted by Crippen LogP contribution is -2.55. The molecule has 0 spiro atoms. The molecule has 6 heterocycles. The molecule has 0 unspecified atom stereocenters. The van der Waals surface area contributed by atoms with Crippen molar-refractivity contribution in [1.29, 1.82) is 0 Å². The van der Waals surface area contributed by atoms with Gasteiger partial charge in [-0.1, -0.05) is 32.0 Å². The molecule has 4 aliphatic heterocycles. The highest BCUT2D eigenvalue weighted by Crippen LogP contribution is 2.44. The number of imidazole rings is 2.